The van der Waals surface area contributed by atoms with Crippen molar-refractivity contribution in [1.82, 2.24) is 10.2 Å². The number of allylic oxidation sites excluding steroid dienone is 1. The van der Waals surface area contributed by atoms with Crippen LogP contribution in [-0.4, -0.2) is 22.7 Å². The van der Waals surface area contributed by atoms with Crippen molar-refractivity contribution < 1.29 is 14.4 Å². The van der Waals surface area contributed by atoms with Crippen molar-refractivity contribution in [2.45, 2.75) is 13.5 Å². The van der Waals surface area contributed by atoms with E-state index in [2.05, 4.69) is 10.6 Å². The van der Waals surface area contributed by atoms with Crippen LogP contribution in [0.4, 0.5) is 16.2 Å². The van der Waals surface area contributed by atoms with E-state index in [0.29, 0.717) is 17.1 Å². The van der Waals surface area contributed by atoms with Crippen LogP contribution in [0.2, 0.25) is 0 Å². The highest BCUT2D eigenvalue weighted by atomic mass is 16.2. The SMILES string of the molecule is C/C=C(/Nc1ccccc1N)[C@H]1C(=O)NC(=O)N(Cc2ccccc2)C1=O. The number of nitrogens with one attached hydrogen (secondary N) is 2. The summed E-state index contributed by atoms with van der Waals surface area (Å²) in [6.45, 7) is 1.79. The van der Waals surface area contributed by atoms with E-state index in [0.717, 1.165) is 10.5 Å². The van der Waals surface area contributed by atoms with Crippen molar-refractivity contribution in [3.63, 3.8) is 0 Å². The quantitative estimate of drug-likeness (QED) is 0.558. The monoisotopic (exact) mass is 364 g/mol. The third kappa shape index (κ3) is 3.82. The summed E-state index contributed by atoms with van der Waals surface area (Å²) < 4.78 is 0. The zero-order valence-corrected chi connectivity index (χ0v) is 14.8. The summed E-state index contributed by atoms with van der Waals surface area (Å²) in [7, 11) is 0. The molecule has 27 heavy (non-hydrogen) atoms. The number of anilines is 2. The van der Waals surface area contributed by atoms with Crippen molar-refractivity contribution in [2.75, 3.05) is 11.1 Å². The van der Waals surface area contributed by atoms with Gasteiger partial charge in [-0.3, -0.25) is 19.8 Å². The van der Waals surface area contributed by atoms with Gasteiger partial charge < -0.3 is 11.1 Å². The molecule has 1 aliphatic heterocycles. The van der Waals surface area contributed by atoms with Gasteiger partial charge in [0.15, 0.2) is 5.92 Å². The van der Waals surface area contributed by atoms with Crippen molar-refractivity contribution in [2.24, 2.45) is 5.92 Å². The van der Waals surface area contributed by atoms with E-state index in [1.165, 1.54) is 0 Å². The first-order valence-corrected chi connectivity index (χ1v) is 8.49. The maximum absolute atomic E-state index is 13.0. The number of para-hydroxylation sites is 2. The maximum Gasteiger partial charge on any atom is 0.331 e. The van der Waals surface area contributed by atoms with Gasteiger partial charge in [-0.05, 0) is 24.6 Å². The Bertz CT molecular complexity index is 908. The van der Waals surface area contributed by atoms with Crippen LogP contribution in [0.1, 0.15) is 12.5 Å². The Morgan fingerprint density at radius 3 is 2.44 bits per heavy atom. The first kappa shape index (κ1) is 18.2. The molecule has 0 radical (unpaired) electrons. The molecule has 0 aromatic heterocycles. The molecular formula is C20H20N4O3. The zero-order chi connectivity index (χ0) is 19.4. The van der Waals surface area contributed by atoms with Gasteiger partial charge in [0.1, 0.15) is 0 Å². The molecule has 0 aliphatic carbocycles. The van der Waals surface area contributed by atoms with Crippen LogP contribution in [0.3, 0.4) is 0 Å². The number of carbonyl (C=O) groups is 3. The standard InChI is InChI=1S/C20H20N4O3/c1-2-15(22-16-11-7-6-10-14(16)21)17-18(25)23-20(27)24(19(17)26)12-13-8-4-3-5-9-13/h2-11,17,22H,12,21H2,1H3,(H,23,25,27)/b15-2+/t17-/m0/s1. The van der Waals surface area contributed by atoms with Gasteiger partial charge >= 0.3 is 6.03 Å². The topological polar surface area (TPSA) is 105 Å². The highest BCUT2D eigenvalue weighted by Gasteiger charge is 2.42. The Morgan fingerprint density at radius 2 is 1.78 bits per heavy atom. The number of hydrogen-bond donors (Lipinski definition) is 3. The molecule has 0 bridgehead atoms. The van der Waals surface area contributed by atoms with E-state index in [1.54, 1.807) is 37.3 Å². The number of urea groups is 1. The predicted molar refractivity (Wildman–Crippen MR) is 102 cm³/mol. The third-order valence-electron chi connectivity index (χ3n) is 4.30. The average molecular weight is 364 g/mol. The van der Waals surface area contributed by atoms with E-state index in [-0.39, 0.29) is 6.54 Å². The van der Waals surface area contributed by atoms with Gasteiger partial charge in [0.05, 0.1) is 17.9 Å². The number of rotatable bonds is 5. The number of amides is 4. The van der Waals surface area contributed by atoms with Gasteiger partial charge in [0.25, 0.3) is 0 Å². The van der Waals surface area contributed by atoms with Crippen molar-refractivity contribution in [1.29, 1.82) is 0 Å². The molecule has 0 saturated carbocycles. The number of nitrogen functional groups attached to an aromatic ring is 1. The van der Waals surface area contributed by atoms with Gasteiger partial charge in [-0.2, -0.15) is 0 Å². The van der Waals surface area contributed by atoms with E-state index < -0.39 is 23.8 Å². The molecule has 0 unspecified atom stereocenters. The van der Waals surface area contributed by atoms with Gasteiger partial charge in [-0.1, -0.05) is 48.5 Å². The molecule has 1 atom stereocenters. The molecule has 138 valence electrons. The third-order valence-corrected chi connectivity index (χ3v) is 4.30. The number of carbonyl (C=O) groups excluding carboxylic acids is 3. The fourth-order valence-corrected chi connectivity index (χ4v) is 2.88. The van der Waals surface area contributed by atoms with Gasteiger partial charge in [0.2, 0.25) is 11.8 Å². The Kier molecular flexibility index (Phi) is 5.21. The van der Waals surface area contributed by atoms with Crippen LogP contribution in [0, 0.1) is 5.92 Å². The summed E-state index contributed by atoms with van der Waals surface area (Å²) in [6.07, 6.45) is 1.63. The minimum Gasteiger partial charge on any atom is -0.397 e. The number of benzene rings is 2. The van der Waals surface area contributed by atoms with E-state index >= 15 is 0 Å². The largest absolute Gasteiger partial charge is 0.397 e. The summed E-state index contributed by atoms with van der Waals surface area (Å²) in [5, 5.41) is 5.30. The molecular weight excluding hydrogens is 344 g/mol. The van der Waals surface area contributed by atoms with E-state index in [1.807, 2.05) is 30.3 Å². The van der Waals surface area contributed by atoms with Crippen molar-refractivity contribution >= 4 is 29.2 Å². The lowest BCUT2D eigenvalue weighted by atomic mass is 9.99. The second-order valence-corrected chi connectivity index (χ2v) is 6.09. The molecule has 7 heteroatoms. The minimum absolute atomic E-state index is 0.0831. The molecule has 1 fully saturated rings. The number of nitrogens with two attached hydrogens (primary N) is 1. The molecule has 0 spiro atoms. The summed E-state index contributed by atoms with van der Waals surface area (Å²) in [4.78, 5) is 38.6. The molecule has 4 N–H and O–H groups in total. The molecule has 3 rings (SSSR count). The lowest BCUT2D eigenvalue weighted by Crippen LogP contribution is -2.58. The molecule has 1 aliphatic rings. The zero-order valence-electron chi connectivity index (χ0n) is 14.8. The number of hydrogen-bond acceptors (Lipinski definition) is 5. The molecule has 2 aromatic rings. The molecule has 2 aromatic carbocycles. The van der Waals surface area contributed by atoms with E-state index in [4.69, 9.17) is 5.73 Å². The second-order valence-electron chi connectivity index (χ2n) is 6.09. The Labute approximate surface area is 156 Å². The van der Waals surface area contributed by atoms with Gasteiger partial charge in [-0.25, -0.2) is 4.79 Å². The Morgan fingerprint density at radius 1 is 1.11 bits per heavy atom. The Hall–Kier alpha value is -3.61. The highest BCUT2D eigenvalue weighted by molar-refractivity contribution is 6.18. The number of imide groups is 2. The van der Waals surface area contributed by atoms with Crippen LogP contribution in [0.25, 0.3) is 0 Å². The summed E-state index contributed by atoms with van der Waals surface area (Å²) in [5.74, 6) is -2.40. The summed E-state index contributed by atoms with van der Waals surface area (Å²) in [6, 6.07) is 15.4. The molecule has 1 heterocycles. The van der Waals surface area contributed by atoms with Crippen LogP contribution in [0.5, 0.6) is 0 Å². The molecule has 1 saturated heterocycles. The first-order chi connectivity index (χ1) is 13.0. The second kappa shape index (κ2) is 7.74. The summed E-state index contributed by atoms with van der Waals surface area (Å²) >= 11 is 0. The van der Waals surface area contributed by atoms with E-state index in [9.17, 15) is 14.4 Å². The fraction of sp³-hybridized carbons (Fsp3) is 0.150. The minimum atomic E-state index is -1.16. The number of barbiturate groups is 1. The molecule has 7 nitrogen and oxygen atoms in total. The van der Waals surface area contributed by atoms with Gasteiger partial charge in [0, 0.05) is 5.70 Å². The van der Waals surface area contributed by atoms with Crippen LogP contribution in [0.15, 0.2) is 66.4 Å². The van der Waals surface area contributed by atoms with Crippen LogP contribution < -0.4 is 16.4 Å². The maximum atomic E-state index is 13.0. The Balaban J connectivity index is 1.86. The highest BCUT2D eigenvalue weighted by Crippen LogP contribution is 2.25. The van der Waals surface area contributed by atoms with Gasteiger partial charge in [-0.15, -0.1) is 0 Å². The van der Waals surface area contributed by atoms with Crippen molar-refractivity contribution in [3.8, 4) is 0 Å². The lowest BCUT2D eigenvalue weighted by Gasteiger charge is -2.31. The van der Waals surface area contributed by atoms with Crippen LogP contribution in [-0.2, 0) is 16.1 Å². The summed E-state index contributed by atoms with van der Waals surface area (Å²) in [5.41, 5.74) is 8.15. The lowest BCUT2D eigenvalue weighted by molar-refractivity contribution is -0.141. The smallest absolute Gasteiger partial charge is 0.331 e. The molecule has 4 amide bonds. The number of nitrogens with zero attached hydrogens (tertiary/aromatic N) is 1. The fourth-order valence-electron chi connectivity index (χ4n) is 2.88. The predicted octanol–water partition coefficient (Wildman–Crippen LogP) is 2.48. The average Bonchev–Trinajstić information content (AvgIpc) is 2.66. The first-order valence-electron chi connectivity index (χ1n) is 8.49. The van der Waals surface area contributed by atoms with Crippen LogP contribution >= 0.6 is 0 Å². The van der Waals surface area contributed by atoms with Crippen molar-refractivity contribution in [3.05, 3.63) is 71.9 Å². The normalized spacial score (nSPS) is 17.7.